The summed E-state index contributed by atoms with van der Waals surface area (Å²) >= 11 is 0. The number of carbonyl (C=O) groups is 1. The molecule has 35 heavy (non-hydrogen) atoms. The van der Waals surface area contributed by atoms with Crippen LogP contribution in [0.2, 0.25) is 0 Å². The number of hydrogen-bond donors (Lipinski definition) is 2. The highest BCUT2D eigenvalue weighted by Crippen LogP contribution is 2.51. The maximum absolute atomic E-state index is 12.5. The molecule has 9 heteroatoms. The molecule has 1 saturated carbocycles. The Labute approximate surface area is 202 Å². The Morgan fingerprint density at radius 3 is 2.31 bits per heavy atom. The van der Waals surface area contributed by atoms with E-state index in [1.807, 2.05) is 6.07 Å². The van der Waals surface area contributed by atoms with Gasteiger partial charge in [-0.1, -0.05) is 33.8 Å². The number of nitrogens with one attached hydrogen (secondary N) is 1. The molecule has 1 aliphatic carbocycles. The lowest BCUT2D eigenvalue weighted by molar-refractivity contribution is -0.274. The predicted molar refractivity (Wildman–Crippen MR) is 128 cm³/mol. The molecule has 0 atom stereocenters. The average molecular weight is 490 g/mol. The second-order valence-electron chi connectivity index (χ2n) is 11.0. The first-order chi connectivity index (χ1) is 16.2. The topological polar surface area (TPSA) is 76.4 Å². The van der Waals surface area contributed by atoms with Gasteiger partial charge in [-0.25, -0.2) is 4.98 Å². The fraction of sp³-hybridized carbons (Fsp3) is 0.462. The number of nitrogens with zero attached hydrogens (tertiary/aromatic N) is 2. The fourth-order valence-corrected chi connectivity index (χ4v) is 5.73. The molecule has 0 bridgehead atoms. The van der Waals surface area contributed by atoms with Crippen LogP contribution < -0.4 is 10.1 Å². The van der Waals surface area contributed by atoms with Crippen molar-refractivity contribution in [1.29, 1.82) is 0 Å². The minimum Gasteiger partial charge on any atom is -0.481 e. The Bertz CT molecular complexity index is 1210. The summed E-state index contributed by atoms with van der Waals surface area (Å²) in [5.41, 5.74) is 3.00. The van der Waals surface area contributed by atoms with Gasteiger partial charge in [0, 0.05) is 11.7 Å². The average Bonchev–Trinajstić information content (AvgIpc) is 3.02. The summed E-state index contributed by atoms with van der Waals surface area (Å²) in [7, 11) is 0. The number of benzene rings is 2. The lowest BCUT2D eigenvalue weighted by Crippen LogP contribution is -2.35. The van der Waals surface area contributed by atoms with Gasteiger partial charge in [0.15, 0.2) is 0 Å². The number of carboxylic acid groups (broad SMARTS) is 1. The molecule has 1 aliphatic rings. The van der Waals surface area contributed by atoms with E-state index in [2.05, 4.69) is 42.3 Å². The van der Waals surface area contributed by atoms with Crippen molar-refractivity contribution < 1.29 is 27.8 Å². The minimum atomic E-state index is -4.75. The van der Waals surface area contributed by atoms with E-state index in [4.69, 9.17) is 4.98 Å². The van der Waals surface area contributed by atoms with Gasteiger partial charge >= 0.3 is 12.3 Å². The lowest BCUT2D eigenvalue weighted by atomic mass is 9.63. The predicted octanol–water partition coefficient (Wildman–Crippen LogP) is 7.08. The quantitative estimate of drug-likeness (QED) is 0.387. The van der Waals surface area contributed by atoms with E-state index in [-0.39, 0.29) is 29.0 Å². The molecule has 0 amide bonds. The molecular weight excluding hydrogens is 459 g/mol. The number of alkyl halides is 3. The van der Waals surface area contributed by atoms with Crippen molar-refractivity contribution in [3.8, 4) is 5.75 Å². The number of imidazole rings is 1. The first-order valence-electron chi connectivity index (χ1n) is 11.6. The summed E-state index contributed by atoms with van der Waals surface area (Å²) in [4.78, 5) is 16.0. The largest absolute Gasteiger partial charge is 0.573 e. The first kappa shape index (κ1) is 24.9. The van der Waals surface area contributed by atoms with Crippen molar-refractivity contribution >= 4 is 28.6 Å². The van der Waals surface area contributed by atoms with E-state index < -0.39 is 12.3 Å². The van der Waals surface area contributed by atoms with Crippen LogP contribution in [0.15, 0.2) is 42.5 Å². The maximum atomic E-state index is 12.5. The molecule has 0 unspecified atom stereocenters. The Kier molecular flexibility index (Phi) is 6.23. The van der Waals surface area contributed by atoms with Crippen LogP contribution in [0.25, 0.3) is 11.0 Å². The molecule has 0 radical (unpaired) electrons. The summed E-state index contributed by atoms with van der Waals surface area (Å²) in [6.45, 7) is 9.05. The number of aliphatic carboxylic acids is 1. The highest BCUT2D eigenvalue weighted by atomic mass is 19.4. The Balaban J connectivity index is 1.74. The van der Waals surface area contributed by atoms with Crippen molar-refractivity contribution in [2.24, 2.45) is 10.8 Å². The summed E-state index contributed by atoms with van der Waals surface area (Å²) in [6, 6.07) is 11.2. The van der Waals surface area contributed by atoms with Gasteiger partial charge in [0.25, 0.3) is 0 Å². The minimum absolute atomic E-state index is 0.101. The highest BCUT2D eigenvalue weighted by molar-refractivity contribution is 5.82. The summed E-state index contributed by atoms with van der Waals surface area (Å²) < 4.78 is 43.7. The molecule has 1 aromatic heterocycles. The second kappa shape index (κ2) is 8.77. The third kappa shape index (κ3) is 6.07. The fourth-order valence-electron chi connectivity index (χ4n) is 5.73. The molecule has 1 fully saturated rings. The van der Waals surface area contributed by atoms with Crippen LogP contribution in [-0.2, 0) is 11.2 Å². The molecule has 2 N–H and O–H groups in total. The lowest BCUT2D eigenvalue weighted by Gasteiger charge is -2.45. The standard InChI is InChI=1S/C26H30F3N3O3/c1-24(2)13-18(14-25(3,4)15-24)32-21-10-5-16(12-22(33)34)11-20(21)31-23(32)30-17-6-8-19(9-7-17)35-26(27,28)29/h5-11,18H,12-15H2,1-4H3,(H,30,31)(H,33,34). The Hall–Kier alpha value is -3.23. The zero-order valence-electron chi connectivity index (χ0n) is 20.2. The molecule has 3 aromatic rings. The van der Waals surface area contributed by atoms with Crippen LogP contribution in [0, 0.1) is 10.8 Å². The van der Waals surface area contributed by atoms with Crippen molar-refractivity contribution in [2.75, 3.05) is 5.32 Å². The van der Waals surface area contributed by atoms with Crippen LogP contribution in [-0.4, -0.2) is 27.0 Å². The smallest absolute Gasteiger partial charge is 0.481 e. The zero-order valence-corrected chi connectivity index (χ0v) is 20.2. The molecule has 6 nitrogen and oxygen atoms in total. The molecule has 0 spiro atoms. The van der Waals surface area contributed by atoms with Crippen molar-refractivity contribution in [3.05, 3.63) is 48.0 Å². The second-order valence-corrected chi connectivity index (χ2v) is 11.0. The van der Waals surface area contributed by atoms with E-state index >= 15 is 0 Å². The van der Waals surface area contributed by atoms with E-state index in [0.717, 1.165) is 24.8 Å². The summed E-state index contributed by atoms with van der Waals surface area (Å²) in [5, 5.41) is 12.5. The van der Waals surface area contributed by atoms with Crippen LogP contribution >= 0.6 is 0 Å². The molecule has 188 valence electrons. The molecule has 4 rings (SSSR count). The van der Waals surface area contributed by atoms with Crippen LogP contribution in [0.1, 0.15) is 58.6 Å². The van der Waals surface area contributed by atoms with E-state index in [0.29, 0.717) is 22.7 Å². The van der Waals surface area contributed by atoms with Crippen molar-refractivity contribution in [2.45, 2.75) is 65.8 Å². The number of anilines is 2. The maximum Gasteiger partial charge on any atom is 0.573 e. The number of hydrogen-bond acceptors (Lipinski definition) is 4. The first-order valence-corrected chi connectivity index (χ1v) is 11.6. The van der Waals surface area contributed by atoms with Crippen LogP contribution in [0.3, 0.4) is 0 Å². The van der Waals surface area contributed by atoms with E-state index in [1.165, 1.54) is 24.3 Å². The van der Waals surface area contributed by atoms with Gasteiger partial charge in [0.2, 0.25) is 5.95 Å². The van der Waals surface area contributed by atoms with Crippen LogP contribution in [0.4, 0.5) is 24.8 Å². The SMILES string of the molecule is CC1(C)CC(n2c(Nc3ccc(OC(F)(F)F)cc3)nc3cc(CC(=O)O)ccc32)CC(C)(C)C1. The van der Waals surface area contributed by atoms with Crippen LogP contribution in [0.5, 0.6) is 5.75 Å². The summed E-state index contributed by atoms with van der Waals surface area (Å²) in [5.74, 6) is -0.653. The van der Waals surface area contributed by atoms with Gasteiger partial charge in [0.1, 0.15) is 5.75 Å². The molecular formula is C26H30F3N3O3. The van der Waals surface area contributed by atoms with Gasteiger partial charge in [0.05, 0.1) is 17.5 Å². The number of carboxylic acids is 1. The third-order valence-corrected chi connectivity index (χ3v) is 6.35. The van der Waals surface area contributed by atoms with Gasteiger partial charge in [-0.15, -0.1) is 13.2 Å². The highest BCUT2D eigenvalue weighted by Gasteiger charge is 2.40. The Morgan fingerprint density at radius 1 is 1.11 bits per heavy atom. The molecule has 1 heterocycles. The number of fused-ring (bicyclic) bond motifs is 1. The van der Waals surface area contributed by atoms with Gasteiger partial charge < -0.3 is 19.7 Å². The Morgan fingerprint density at radius 2 is 1.74 bits per heavy atom. The molecule has 0 saturated heterocycles. The van der Waals surface area contributed by atoms with E-state index in [9.17, 15) is 23.1 Å². The summed E-state index contributed by atoms with van der Waals surface area (Å²) in [6.07, 6.45) is -1.89. The normalized spacial score (nSPS) is 17.9. The zero-order chi connectivity index (χ0) is 25.6. The van der Waals surface area contributed by atoms with Crippen molar-refractivity contribution in [3.63, 3.8) is 0 Å². The third-order valence-electron chi connectivity index (χ3n) is 6.35. The number of aromatic nitrogens is 2. The van der Waals surface area contributed by atoms with Gasteiger partial charge in [-0.3, -0.25) is 4.79 Å². The number of ether oxygens (including phenoxy) is 1. The molecule has 0 aliphatic heterocycles. The van der Waals surface area contributed by atoms with E-state index in [1.54, 1.807) is 12.1 Å². The van der Waals surface area contributed by atoms with Crippen molar-refractivity contribution in [1.82, 2.24) is 9.55 Å². The number of halogens is 3. The molecule has 2 aromatic carbocycles. The monoisotopic (exact) mass is 489 g/mol. The number of rotatable bonds is 6. The van der Waals surface area contributed by atoms with Gasteiger partial charge in [-0.05, 0) is 72.1 Å². The van der Waals surface area contributed by atoms with Gasteiger partial charge in [-0.2, -0.15) is 0 Å².